The number of H-pyrrole nitrogens is 1. The summed E-state index contributed by atoms with van der Waals surface area (Å²) in [6.07, 6.45) is 5.51. The average Bonchev–Trinajstić information content (AvgIpc) is 3.08. The molecule has 1 atom stereocenters. The molecule has 2 N–H and O–H groups in total. The van der Waals surface area contributed by atoms with Crippen LogP contribution < -0.4 is 5.32 Å². The second kappa shape index (κ2) is 6.74. The molecule has 0 radical (unpaired) electrons. The van der Waals surface area contributed by atoms with Crippen LogP contribution in [0.25, 0.3) is 0 Å². The molecule has 1 fully saturated rings. The van der Waals surface area contributed by atoms with Gasteiger partial charge in [0, 0.05) is 31.0 Å². The predicted molar refractivity (Wildman–Crippen MR) is 80.0 cm³/mol. The molecule has 2 rings (SSSR count). The molecule has 20 heavy (non-hydrogen) atoms. The zero-order valence-corrected chi connectivity index (χ0v) is 13.2. The normalized spacial score (nSPS) is 20.6. The van der Waals surface area contributed by atoms with Gasteiger partial charge in [0.25, 0.3) is 0 Å². The third kappa shape index (κ3) is 3.24. The number of hydrogen-bond acceptors (Lipinski definition) is 3. The van der Waals surface area contributed by atoms with E-state index in [9.17, 15) is 8.42 Å². The average molecular weight is 299 g/mol. The van der Waals surface area contributed by atoms with Crippen molar-refractivity contribution in [2.24, 2.45) is 0 Å². The molecule has 2 heterocycles. The van der Waals surface area contributed by atoms with E-state index in [1.165, 1.54) is 0 Å². The van der Waals surface area contributed by atoms with Gasteiger partial charge >= 0.3 is 0 Å². The Morgan fingerprint density at radius 3 is 2.95 bits per heavy atom. The van der Waals surface area contributed by atoms with Crippen LogP contribution in [0.2, 0.25) is 0 Å². The Hall–Kier alpha value is -0.850. The molecule has 1 aliphatic rings. The zero-order valence-electron chi connectivity index (χ0n) is 12.4. The fourth-order valence-corrected chi connectivity index (χ4v) is 4.52. The number of nitrogens with one attached hydrogen (secondary N) is 2. The molecular weight excluding hydrogens is 274 g/mol. The number of aromatic amines is 1. The van der Waals surface area contributed by atoms with Crippen molar-refractivity contribution < 1.29 is 8.42 Å². The second-order valence-electron chi connectivity index (χ2n) is 5.36. The summed E-state index contributed by atoms with van der Waals surface area (Å²) in [5.41, 5.74) is 0.921. The lowest BCUT2D eigenvalue weighted by Crippen LogP contribution is -2.34. The number of sulfonamides is 1. The third-order valence-corrected chi connectivity index (χ3v) is 5.79. The summed E-state index contributed by atoms with van der Waals surface area (Å²) in [5.74, 6) is 0. The van der Waals surface area contributed by atoms with Gasteiger partial charge in [-0.3, -0.25) is 0 Å². The van der Waals surface area contributed by atoms with E-state index in [0.717, 1.165) is 37.9 Å². The number of nitrogens with zero attached hydrogens (tertiary/aromatic N) is 1. The molecule has 0 aliphatic carbocycles. The molecule has 114 valence electrons. The highest BCUT2D eigenvalue weighted by Gasteiger charge is 2.34. The summed E-state index contributed by atoms with van der Waals surface area (Å²) in [6.45, 7) is 6.42. The Morgan fingerprint density at radius 1 is 1.45 bits per heavy atom. The van der Waals surface area contributed by atoms with E-state index < -0.39 is 10.0 Å². The molecule has 5 nitrogen and oxygen atoms in total. The van der Waals surface area contributed by atoms with Gasteiger partial charge in [0.2, 0.25) is 10.0 Å². The largest absolute Gasteiger partial charge is 0.363 e. The summed E-state index contributed by atoms with van der Waals surface area (Å²) in [6, 6.07) is 1.92. The van der Waals surface area contributed by atoms with Crippen LogP contribution in [0.5, 0.6) is 0 Å². The van der Waals surface area contributed by atoms with Crippen LogP contribution in [-0.4, -0.2) is 36.8 Å². The van der Waals surface area contributed by atoms with E-state index in [1.54, 1.807) is 16.6 Å². The van der Waals surface area contributed by atoms with Gasteiger partial charge in [0.15, 0.2) is 0 Å². The van der Waals surface area contributed by atoms with E-state index in [0.29, 0.717) is 18.0 Å². The molecule has 0 spiro atoms. The molecule has 0 saturated carbocycles. The zero-order chi connectivity index (χ0) is 14.6. The Bertz CT molecular complexity index is 524. The first-order chi connectivity index (χ1) is 9.59. The van der Waals surface area contributed by atoms with Gasteiger partial charge in [0.05, 0.1) is 4.90 Å². The van der Waals surface area contributed by atoms with Crippen LogP contribution in [0, 0.1) is 0 Å². The summed E-state index contributed by atoms with van der Waals surface area (Å²) in [4.78, 5) is 3.45. The molecule has 1 unspecified atom stereocenters. The SMILES string of the molecule is CCCNCc1cc(S(=O)(=O)N2CCCC2CC)c[nH]1. The van der Waals surface area contributed by atoms with E-state index in [4.69, 9.17) is 0 Å². The Labute approximate surface area is 121 Å². The highest BCUT2D eigenvalue weighted by molar-refractivity contribution is 7.89. The van der Waals surface area contributed by atoms with Gasteiger partial charge in [-0.05, 0) is 38.3 Å². The first-order valence-electron chi connectivity index (χ1n) is 7.49. The Morgan fingerprint density at radius 2 is 2.25 bits per heavy atom. The first kappa shape index (κ1) is 15.5. The van der Waals surface area contributed by atoms with Crippen LogP contribution in [-0.2, 0) is 16.6 Å². The maximum absolute atomic E-state index is 12.6. The minimum absolute atomic E-state index is 0.163. The maximum atomic E-state index is 12.6. The highest BCUT2D eigenvalue weighted by Crippen LogP contribution is 2.27. The summed E-state index contributed by atoms with van der Waals surface area (Å²) in [5, 5.41) is 3.27. The molecule has 1 aromatic rings. The molecular formula is C14H25N3O2S. The second-order valence-corrected chi connectivity index (χ2v) is 7.25. The van der Waals surface area contributed by atoms with E-state index in [-0.39, 0.29) is 6.04 Å². The van der Waals surface area contributed by atoms with Crippen molar-refractivity contribution in [1.82, 2.24) is 14.6 Å². The van der Waals surface area contributed by atoms with Crippen molar-refractivity contribution in [2.75, 3.05) is 13.1 Å². The van der Waals surface area contributed by atoms with Crippen molar-refractivity contribution in [1.29, 1.82) is 0 Å². The van der Waals surface area contributed by atoms with E-state index in [1.807, 2.05) is 0 Å². The standard InChI is InChI=1S/C14H25N3O2S/c1-3-7-15-10-12-9-14(11-16-12)20(18,19)17-8-5-6-13(17)4-2/h9,11,13,15-16H,3-8,10H2,1-2H3. The number of hydrogen-bond donors (Lipinski definition) is 2. The lowest BCUT2D eigenvalue weighted by Gasteiger charge is -2.22. The first-order valence-corrected chi connectivity index (χ1v) is 8.93. The molecule has 1 aliphatic heterocycles. The van der Waals surface area contributed by atoms with Gasteiger partial charge < -0.3 is 10.3 Å². The van der Waals surface area contributed by atoms with Gasteiger partial charge in [0.1, 0.15) is 0 Å². The summed E-state index contributed by atoms with van der Waals surface area (Å²) >= 11 is 0. The van der Waals surface area contributed by atoms with Gasteiger partial charge in [-0.15, -0.1) is 0 Å². The number of rotatable bonds is 7. The lowest BCUT2D eigenvalue weighted by atomic mass is 10.2. The molecule has 0 aromatic carbocycles. The van der Waals surface area contributed by atoms with Crippen LogP contribution in [0.4, 0.5) is 0 Å². The maximum Gasteiger partial charge on any atom is 0.244 e. The van der Waals surface area contributed by atoms with Crippen molar-refractivity contribution in [2.45, 2.75) is 57.0 Å². The van der Waals surface area contributed by atoms with Crippen LogP contribution >= 0.6 is 0 Å². The molecule has 0 bridgehead atoms. The van der Waals surface area contributed by atoms with Crippen LogP contribution in [0.15, 0.2) is 17.2 Å². The predicted octanol–water partition coefficient (Wildman–Crippen LogP) is 2.08. The Balaban J connectivity index is 2.09. The highest BCUT2D eigenvalue weighted by atomic mass is 32.2. The van der Waals surface area contributed by atoms with Crippen molar-refractivity contribution >= 4 is 10.0 Å². The summed E-state index contributed by atoms with van der Waals surface area (Å²) < 4.78 is 26.9. The molecule has 6 heteroatoms. The van der Waals surface area contributed by atoms with Gasteiger partial charge in [-0.2, -0.15) is 4.31 Å². The van der Waals surface area contributed by atoms with Gasteiger partial charge in [-0.25, -0.2) is 8.42 Å². The number of aromatic nitrogens is 1. The third-order valence-electron chi connectivity index (χ3n) is 3.86. The van der Waals surface area contributed by atoms with Crippen molar-refractivity contribution in [3.8, 4) is 0 Å². The van der Waals surface area contributed by atoms with Crippen molar-refractivity contribution in [3.63, 3.8) is 0 Å². The molecule has 1 aromatic heterocycles. The Kier molecular flexibility index (Phi) is 5.23. The lowest BCUT2D eigenvalue weighted by molar-refractivity contribution is 0.379. The fraction of sp³-hybridized carbons (Fsp3) is 0.714. The fourth-order valence-electron chi connectivity index (χ4n) is 2.74. The van der Waals surface area contributed by atoms with Crippen LogP contribution in [0.3, 0.4) is 0 Å². The van der Waals surface area contributed by atoms with E-state index in [2.05, 4.69) is 24.1 Å². The monoisotopic (exact) mass is 299 g/mol. The summed E-state index contributed by atoms with van der Waals surface area (Å²) in [7, 11) is -3.34. The van der Waals surface area contributed by atoms with E-state index >= 15 is 0 Å². The smallest absolute Gasteiger partial charge is 0.244 e. The van der Waals surface area contributed by atoms with Crippen LogP contribution in [0.1, 0.15) is 45.2 Å². The quantitative estimate of drug-likeness (QED) is 0.758. The molecule has 0 amide bonds. The minimum atomic E-state index is -3.34. The van der Waals surface area contributed by atoms with Crippen molar-refractivity contribution in [3.05, 3.63) is 18.0 Å². The minimum Gasteiger partial charge on any atom is -0.363 e. The topological polar surface area (TPSA) is 65.2 Å². The van der Waals surface area contributed by atoms with Gasteiger partial charge in [-0.1, -0.05) is 13.8 Å². The molecule has 1 saturated heterocycles.